The van der Waals surface area contributed by atoms with Gasteiger partial charge < -0.3 is 14.9 Å². The molecule has 1 amide bonds. The molecule has 0 radical (unpaired) electrons. The zero-order valence-corrected chi connectivity index (χ0v) is 13.7. The number of anilines is 1. The molecule has 5 heteroatoms. The second-order valence-corrected chi connectivity index (χ2v) is 6.18. The number of piperazine rings is 1. The lowest BCUT2D eigenvalue weighted by atomic mass is 10.1. The maximum Gasteiger partial charge on any atom is 0.227 e. The van der Waals surface area contributed by atoms with E-state index in [0.717, 1.165) is 5.56 Å². The van der Waals surface area contributed by atoms with Crippen LogP contribution in [-0.4, -0.2) is 41.6 Å². The van der Waals surface area contributed by atoms with Gasteiger partial charge in [-0.2, -0.15) is 0 Å². The Morgan fingerprint density at radius 1 is 1.21 bits per heavy atom. The summed E-state index contributed by atoms with van der Waals surface area (Å²) in [4.78, 5) is 16.3. The monoisotopic (exact) mass is 328 g/mol. The lowest BCUT2D eigenvalue weighted by Gasteiger charge is -2.41. The third-order valence-electron chi connectivity index (χ3n) is 4.43. The number of carbonyl (C=O) groups excluding carboxylic acids is 1. The van der Waals surface area contributed by atoms with E-state index < -0.39 is 0 Å². The van der Waals surface area contributed by atoms with Gasteiger partial charge in [-0.3, -0.25) is 4.79 Å². The second-order valence-electron chi connectivity index (χ2n) is 6.18. The van der Waals surface area contributed by atoms with E-state index in [2.05, 4.69) is 0 Å². The molecule has 1 atom stereocenters. The van der Waals surface area contributed by atoms with Gasteiger partial charge in [0.1, 0.15) is 11.6 Å². The van der Waals surface area contributed by atoms with Gasteiger partial charge in [-0.05, 0) is 24.6 Å². The quantitative estimate of drug-likeness (QED) is 0.942. The maximum absolute atomic E-state index is 13.5. The molecule has 0 aliphatic carbocycles. The van der Waals surface area contributed by atoms with Crippen LogP contribution in [-0.2, 0) is 11.2 Å². The maximum atomic E-state index is 13.5. The number of hydrogen-bond donors (Lipinski definition) is 1. The van der Waals surface area contributed by atoms with E-state index in [0.29, 0.717) is 31.7 Å². The highest BCUT2D eigenvalue weighted by molar-refractivity contribution is 5.79. The number of nitrogens with zero attached hydrogens (tertiary/aromatic N) is 2. The summed E-state index contributed by atoms with van der Waals surface area (Å²) in [6.07, 6.45) is 0.388. The summed E-state index contributed by atoms with van der Waals surface area (Å²) in [7, 11) is 0. The summed E-state index contributed by atoms with van der Waals surface area (Å²) < 4.78 is 13.5. The van der Waals surface area contributed by atoms with E-state index in [1.807, 2.05) is 47.1 Å². The molecule has 24 heavy (non-hydrogen) atoms. The Morgan fingerprint density at radius 3 is 2.67 bits per heavy atom. The summed E-state index contributed by atoms with van der Waals surface area (Å²) in [6, 6.07) is 13.6. The number of phenols is 1. The van der Waals surface area contributed by atoms with Crippen molar-refractivity contribution in [2.75, 3.05) is 24.5 Å². The molecule has 2 aromatic carbocycles. The van der Waals surface area contributed by atoms with E-state index in [4.69, 9.17) is 0 Å². The summed E-state index contributed by atoms with van der Waals surface area (Å²) >= 11 is 0. The summed E-state index contributed by atoms with van der Waals surface area (Å²) in [5.74, 6) is -0.221. The Labute approximate surface area is 141 Å². The number of phenolic OH excluding ortho intramolecular Hbond substituents is 1. The van der Waals surface area contributed by atoms with Gasteiger partial charge in [0.15, 0.2) is 0 Å². The molecule has 4 nitrogen and oxygen atoms in total. The highest BCUT2D eigenvalue weighted by Gasteiger charge is 2.28. The van der Waals surface area contributed by atoms with Crippen molar-refractivity contribution in [3.63, 3.8) is 0 Å². The van der Waals surface area contributed by atoms with Crippen molar-refractivity contribution >= 4 is 11.6 Å². The van der Waals surface area contributed by atoms with Crippen molar-refractivity contribution in [1.82, 2.24) is 4.90 Å². The van der Waals surface area contributed by atoms with Crippen LogP contribution in [0.5, 0.6) is 5.75 Å². The van der Waals surface area contributed by atoms with Crippen molar-refractivity contribution in [2.24, 2.45) is 0 Å². The molecule has 3 rings (SSSR count). The summed E-state index contributed by atoms with van der Waals surface area (Å²) in [5, 5.41) is 9.99. The predicted octanol–water partition coefficient (Wildman–Crippen LogP) is 2.81. The molecule has 1 saturated heterocycles. The summed E-state index contributed by atoms with van der Waals surface area (Å²) in [5.41, 5.74) is 1.48. The van der Waals surface area contributed by atoms with Gasteiger partial charge in [-0.25, -0.2) is 4.39 Å². The highest BCUT2D eigenvalue weighted by atomic mass is 19.1. The number of amides is 1. The van der Waals surface area contributed by atoms with Crippen LogP contribution in [0.1, 0.15) is 12.5 Å². The van der Waals surface area contributed by atoms with Crippen LogP contribution in [0.4, 0.5) is 10.1 Å². The largest absolute Gasteiger partial charge is 0.506 e. The van der Waals surface area contributed by atoms with E-state index in [-0.39, 0.29) is 23.5 Å². The molecule has 126 valence electrons. The standard InChI is InChI=1S/C19H21FN2O2/c1-14-13-21(19(24)11-15-5-3-2-4-6-15)9-10-22(14)17-12-16(20)7-8-18(17)23/h2-8,12,14,23H,9-11,13H2,1H3. The first kappa shape index (κ1) is 16.3. The highest BCUT2D eigenvalue weighted by Crippen LogP contribution is 2.30. The Morgan fingerprint density at radius 2 is 1.96 bits per heavy atom. The fourth-order valence-electron chi connectivity index (χ4n) is 3.15. The lowest BCUT2D eigenvalue weighted by molar-refractivity contribution is -0.131. The molecule has 1 unspecified atom stereocenters. The van der Waals surface area contributed by atoms with Gasteiger partial charge in [-0.15, -0.1) is 0 Å². The van der Waals surface area contributed by atoms with E-state index in [1.165, 1.54) is 18.2 Å². The minimum atomic E-state index is -0.377. The number of halogens is 1. The lowest BCUT2D eigenvalue weighted by Crippen LogP contribution is -2.54. The Balaban J connectivity index is 1.67. The molecule has 1 aliphatic rings. The number of benzene rings is 2. The Kier molecular flexibility index (Phi) is 4.69. The topological polar surface area (TPSA) is 43.8 Å². The van der Waals surface area contributed by atoms with Gasteiger partial charge >= 0.3 is 0 Å². The molecule has 0 saturated carbocycles. The first-order valence-electron chi connectivity index (χ1n) is 8.11. The predicted molar refractivity (Wildman–Crippen MR) is 91.6 cm³/mol. The minimum Gasteiger partial charge on any atom is -0.506 e. The second kappa shape index (κ2) is 6.91. The van der Waals surface area contributed by atoms with Crippen molar-refractivity contribution in [3.05, 3.63) is 59.9 Å². The van der Waals surface area contributed by atoms with Crippen LogP contribution in [0.2, 0.25) is 0 Å². The first-order valence-corrected chi connectivity index (χ1v) is 8.11. The smallest absolute Gasteiger partial charge is 0.227 e. The SMILES string of the molecule is CC1CN(C(=O)Cc2ccccc2)CCN1c1cc(F)ccc1O. The van der Waals surface area contributed by atoms with Gasteiger partial charge in [0.2, 0.25) is 5.91 Å². The van der Waals surface area contributed by atoms with Crippen molar-refractivity contribution < 1.29 is 14.3 Å². The normalized spacial score (nSPS) is 17.8. The van der Waals surface area contributed by atoms with Crippen LogP contribution in [0.25, 0.3) is 0 Å². The molecule has 1 aliphatic heterocycles. The van der Waals surface area contributed by atoms with Gasteiger partial charge in [-0.1, -0.05) is 30.3 Å². The molecule has 1 N–H and O–H groups in total. The van der Waals surface area contributed by atoms with E-state index in [1.54, 1.807) is 0 Å². The van der Waals surface area contributed by atoms with Crippen molar-refractivity contribution in [2.45, 2.75) is 19.4 Å². The molecule has 0 spiro atoms. The van der Waals surface area contributed by atoms with Crippen LogP contribution in [0.3, 0.4) is 0 Å². The minimum absolute atomic E-state index is 0.00572. The summed E-state index contributed by atoms with van der Waals surface area (Å²) in [6.45, 7) is 3.67. The van der Waals surface area contributed by atoms with Crippen molar-refractivity contribution in [1.29, 1.82) is 0 Å². The van der Waals surface area contributed by atoms with Gasteiger partial charge in [0.25, 0.3) is 0 Å². The fraction of sp³-hybridized carbons (Fsp3) is 0.316. The molecule has 1 heterocycles. The molecule has 2 aromatic rings. The van der Waals surface area contributed by atoms with Gasteiger partial charge in [0.05, 0.1) is 12.1 Å². The third-order valence-corrected chi connectivity index (χ3v) is 4.43. The van der Waals surface area contributed by atoms with Crippen LogP contribution >= 0.6 is 0 Å². The molecular formula is C19H21FN2O2. The number of hydrogen-bond acceptors (Lipinski definition) is 3. The number of carbonyl (C=O) groups is 1. The van der Waals surface area contributed by atoms with E-state index >= 15 is 0 Å². The Hall–Kier alpha value is -2.56. The van der Waals surface area contributed by atoms with Crippen LogP contribution in [0.15, 0.2) is 48.5 Å². The molecular weight excluding hydrogens is 307 g/mol. The Bertz CT molecular complexity index is 721. The fourth-order valence-corrected chi connectivity index (χ4v) is 3.15. The number of rotatable bonds is 3. The average molecular weight is 328 g/mol. The average Bonchev–Trinajstić information content (AvgIpc) is 2.58. The third kappa shape index (κ3) is 3.50. The first-order chi connectivity index (χ1) is 11.5. The zero-order valence-electron chi connectivity index (χ0n) is 13.7. The number of aromatic hydroxyl groups is 1. The van der Waals surface area contributed by atoms with Crippen LogP contribution < -0.4 is 4.90 Å². The zero-order chi connectivity index (χ0) is 17.1. The van der Waals surface area contributed by atoms with Crippen molar-refractivity contribution in [3.8, 4) is 5.75 Å². The van der Waals surface area contributed by atoms with E-state index in [9.17, 15) is 14.3 Å². The molecule has 0 aromatic heterocycles. The molecule has 0 bridgehead atoms. The van der Waals surface area contributed by atoms with Crippen LogP contribution in [0, 0.1) is 5.82 Å². The molecule has 1 fully saturated rings. The van der Waals surface area contributed by atoms with Gasteiger partial charge in [0, 0.05) is 31.7 Å².